The lowest BCUT2D eigenvalue weighted by Gasteiger charge is -2.34. The number of aliphatic imine (C=N–C) groups is 1. The van der Waals surface area contributed by atoms with Gasteiger partial charge in [-0.25, -0.2) is 0 Å². The zero-order valence-electron chi connectivity index (χ0n) is 15.2. The van der Waals surface area contributed by atoms with E-state index in [0.29, 0.717) is 13.2 Å². The standard InChI is InChI=1S/C18H26F3N3O2/c1-3-25-14-8-11-24(12-9-14)17(22-2)23-10-13-26-16-7-5-4-6-15(16)18(19,20)21/h4-7,14H,3,8-13H2,1-2H3,(H,22,23). The number of alkyl halides is 3. The zero-order valence-corrected chi connectivity index (χ0v) is 15.2. The minimum Gasteiger partial charge on any atom is -0.491 e. The summed E-state index contributed by atoms with van der Waals surface area (Å²) in [7, 11) is 1.69. The van der Waals surface area contributed by atoms with Crippen LogP contribution in [0.3, 0.4) is 0 Å². The number of nitrogens with one attached hydrogen (secondary N) is 1. The normalized spacial score (nSPS) is 16.7. The van der Waals surface area contributed by atoms with E-state index in [-0.39, 0.29) is 18.5 Å². The van der Waals surface area contributed by atoms with E-state index in [9.17, 15) is 13.2 Å². The molecule has 1 saturated heterocycles. The van der Waals surface area contributed by atoms with Crippen molar-refractivity contribution in [1.29, 1.82) is 0 Å². The Morgan fingerprint density at radius 2 is 1.96 bits per heavy atom. The molecule has 1 aromatic rings. The summed E-state index contributed by atoms with van der Waals surface area (Å²) >= 11 is 0. The maximum Gasteiger partial charge on any atom is 0.419 e. The summed E-state index contributed by atoms with van der Waals surface area (Å²) in [4.78, 5) is 6.36. The van der Waals surface area contributed by atoms with Gasteiger partial charge in [-0.2, -0.15) is 13.2 Å². The minimum absolute atomic E-state index is 0.113. The molecule has 0 unspecified atom stereocenters. The summed E-state index contributed by atoms with van der Waals surface area (Å²) in [5, 5.41) is 3.14. The fourth-order valence-electron chi connectivity index (χ4n) is 2.95. The molecule has 0 aromatic heterocycles. The van der Waals surface area contributed by atoms with Crippen molar-refractivity contribution in [2.45, 2.75) is 32.0 Å². The Hall–Kier alpha value is -1.96. The number of hydrogen-bond acceptors (Lipinski definition) is 3. The number of nitrogens with zero attached hydrogens (tertiary/aromatic N) is 2. The lowest BCUT2D eigenvalue weighted by atomic mass is 10.1. The Kier molecular flexibility index (Phi) is 7.56. The fraction of sp³-hybridized carbons (Fsp3) is 0.611. The Balaban J connectivity index is 1.79. The zero-order chi connectivity index (χ0) is 19.0. The van der Waals surface area contributed by atoms with Gasteiger partial charge in [0.2, 0.25) is 0 Å². The van der Waals surface area contributed by atoms with E-state index in [1.165, 1.54) is 18.2 Å². The van der Waals surface area contributed by atoms with Crippen molar-refractivity contribution >= 4 is 5.96 Å². The predicted molar refractivity (Wildman–Crippen MR) is 94.5 cm³/mol. The van der Waals surface area contributed by atoms with Crippen LogP contribution >= 0.6 is 0 Å². The summed E-state index contributed by atoms with van der Waals surface area (Å²) in [6.07, 6.45) is -2.27. The van der Waals surface area contributed by atoms with Crippen molar-refractivity contribution in [3.05, 3.63) is 29.8 Å². The first-order valence-corrected chi connectivity index (χ1v) is 8.82. The predicted octanol–water partition coefficient (Wildman–Crippen LogP) is 3.16. The van der Waals surface area contributed by atoms with E-state index in [1.54, 1.807) is 7.05 Å². The van der Waals surface area contributed by atoms with Crippen molar-refractivity contribution in [3.8, 4) is 5.75 Å². The highest BCUT2D eigenvalue weighted by Crippen LogP contribution is 2.35. The van der Waals surface area contributed by atoms with E-state index < -0.39 is 11.7 Å². The maximum absolute atomic E-state index is 12.9. The number of hydrogen-bond donors (Lipinski definition) is 1. The van der Waals surface area contributed by atoms with E-state index in [2.05, 4.69) is 15.2 Å². The number of piperidine rings is 1. The second kappa shape index (κ2) is 9.66. The summed E-state index contributed by atoms with van der Waals surface area (Å²) in [6.45, 7) is 4.86. The lowest BCUT2D eigenvalue weighted by molar-refractivity contribution is -0.138. The van der Waals surface area contributed by atoms with Gasteiger partial charge in [0.15, 0.2) is 5.96 Å². The molecule has 0 saturated carbocycles. The SMILES string of the molecule is CCOC1CCN(C(=NC)NCCOc2ccccc2C(F)(F)F)CC1. The molecular formula is C18H26F3N3O2. The highest BCUT2D eigenvalue weighted by Gasteiger charge is 2.34. The summed E-state index contributed by atoms with van der Waals surface area (Å²) in [5.41, 5.74) is -0.762. The molecule has 0 spiro atoms. The largest absolute Gasteiger partial charge is 0.491 e. The van der Waals surface area contributed by atoms with Crippen LogP contribution in [0.2, 0.25) is 0 Å². The second-order valence-electron chi connectivity index (χ2n) is 5.96. The van der Waals surface area contributed by atoms with Crippen LogP contribution in [0.15, 0.2) is 29.3 Å². The van der Waals surface area contributed by atoms with Crippen LogP contribution in [0.4, 0.5) is 13.2 Å². The van der Waals surface area contributed by atoms with Crippen molar-refractivity contribution in [2.75, 3.05) is 39.9 Å². The molecule has 1 heterocycles. The third kappa shape index (κ3) is 5.79. The molecular weight excluding hydrogens is 347 g/mol. The first kappa shape index (κ1) is 20.4. The molecule has 1 aromatic carbocycles. The molecule has 0 aliphatic carbocycles. The Labute approximate surface area is 152 Å². The molecule has 2 rings (SSSR count). The smallest absolute Gasteiger partial charge is 0.419 e. The average Bonchev–Trinajstić information content (AvgIpc) is 2.62. The van der Waals surface area contributed by atoms with Crippen LogP contribution in [0.25, 0.3) is 0 Å². The van der Waals surface area contributed by atoms with E-state index >= 15 is 0 Å². The molecule has 0 radical (unpaired) electrons. The number of halogens is 3. The summed E-state index contributed by atoms with van der Waals surface area (Å²) in [5.74, 6) is 0.571. The molecule has 0 atom stereocenters. The summed E-state index contributed by atoms with van der Waals surface area (Å²) in [6, 6.07) is 5.22. The van der Waals surface area contributed by atoms with Crippen molar-refractivity contribution in [3.63, 3.8) is 0 Å². The topological polar surface area (TPSA) is 46.1 Å². The third-order valence-corrected chi connectivity index (χ3v) is 4.19. The van der Waals surface area contributed by atoms with Crippen LogP contribution in [0.1, 0.15) is 25.3 Å². The molecule has 1 N–H and O–H groups in total. The third-order valence-electron chi connectivity index (χ3n) is 4.19. The molecule has 1 aliphatic heterocycles. The van der Waals surface area contributed by atoms with Crippen molar-refractivity contribution in [1.82, 2.24) is 10.2 Å². The van der Waals surface area contributed by atoms with Crippen LogP contribution in [0.5, 0.6) is 5.75 Å². The number of likely N-dealkylation sites (tertiary alicyclic amines) is 1. The van der Waals surface area contributed by atoms with Crippen LogP contribution < -0.4 is 10.1 Å². The first-order valence-electron chi connectivity index (χ1n) is 8.82. The monoisotopic (exact) mass is 373 g/mol. The van der Waals surface area contributed by atoms with E-state index in [4.69, 9.17) is 9.47 Å². The molecule has 0 bridgehead atoms. The van der Waals surface area contributed by atoms with Crippen LogP contribution in [0, 0.1) is 0 Å². The van der Waals surface area contributed by atoms with Gasteiger partial charge in [-0.1, -0.05) is 12.1 Å². The second-order valence-corrected chi connectivity index (χ2v) is 5.96. The highest BCUT2D eigenvalue weighted by molar-refractivity contribution is 5.79. The van der Waals surface area contributed by atoms with E-state index in [1.807, 2.05) is 6.92 Å². The van der Waals surface area contributed by atoms with Gasteiger partial charge < -0.3 is 19.7 Å². The van der Waals surface area contributed by atoms with Crippen LogP contribution in [-0.4, -0.2) is 56.9 Å². The van der Waals surface area contributed by atoms with Gasteiger partial charge in [0.1, 0.15) is 12.4 Å². The number of guanidine groups is 1. The molecule has 8 heteroatoms. The number of benzene rings is 1. The molecule has 1 fully saturated rings. The van der Waals surface area contributed by atoms with Crippen molar-refractivity contribution < 1.29 is 22.6 Å². The first-order chi connectivity index (χ1) is 12.5. The lowest BCUT2D eigenvalue weighted by Crippen LogP contribution is -2.47. The van der Waals surface area contributed by atoms with Crippen LogP contribution in [-0.2, 0) is 10.9 Å². The van der Waals surface area contributed by atoms with Gasteiger partial charge >= 0.3 is 6.18 Å². The molecule has 1 aliphatic rings. The van der Waals surface area contributed by atoms with Gasteiger partial charge in [0.25, 0.3) is 0 Å². The maximum atomic E-state index is 12.9. The minimum atomic E-state index is -4.43. The van der Waals surface area contributed by atoms with Gasteiger partial charge in [-0.3, -0.25) is 4.99 Å². The molecule has 0 amide bonds. The summed E-state index contributed by atoms with van der Waals surface area (Å²) < 4.78 is 49.8. The Morgan fingerprint density at radius 3 is 2.58 bits per heavy atom. The average molecular weight is 373 g/mol. The number of ether oxygens (including phenoxy) is 2. The van der Waals surface area contributed by atoms with Gasteiger partial charge in [-0.05, 0) is 31.9 Å². The Morgan fingerprint density at radius 1 is 1.27 bits per heavy atom. The Bertz CT molecular complexity index is 585. The fourth-order valence-corrected chi connectivity index (χ4v) is 2.95. The van der Waals surface area contributed by atoms with Gasteiger partial charge in [-0.15, -0.1) is 0 Å². The highest BCUT2D eigenvalue weighted by atomic mass is 19.4. The number of para-hydroxylation sites is 1. The van der Waals surface area contributed by atoms with Crippen molar-refractivity contribution in [2.24, 2.45) is 4.99 Å². The van der Waals surface area contributed by atoms with Gasteiger partial charge in [0.05, 0.1) is 18.2 Å². The van der Waals surface area contributed by atoms with E-state index in [0.717, 1.165) is 38.0 Å². The quantitative estimate of drug-likeness (QED) is 0.473. The molecule has 146 valence electrons. The molecule has 26 heavy (non-hydrogen) atoms. The van der Waals surface area contributed by atoms with Gasteiger partial charge in [0, 0.05) is 26.7 Å². The molecule has 5 nitrogen and oxygen atoms in total. The number of rotatable bonds is 6.